The van der Waals surface area contributed by atoms with Gasteiger partial charge in [-0.05, 0) is 16.6 Å². The molecule has 0 N–H and O–H groups in total. The van der Waals surface area contributed by atoms with E-state index >= 15 is 0 Å². The third-order valence-corrected chi connectivity index (χ3v) is 2.61. The van der Waals surface area contributed by atoms with Crippen molar-refractivity contribution in [1.29, 1.82) is 5.26 Å². The van der Waals surface area contributed by atoms with Gasteiger partial charge in [0.15, 0.2) is 5.02 Å². The topological polar surface area (TPSA) is 84.8 Å². The molecule has 0 unspecified atom stereocenters. The lowest BCUT2D eigenvalue weighted by atomic mass is 10.1. The number of aromatic nitrogens is 2. The molecule has 2 aromatic rings. The molecule has 1 heterocycles. The van der Waals surface area contributed by atoms with Gasteiger partial charge in [-0.3, -0.25) is 0 Å². The van der Waals surface area contributed by atoms with Crippen molar-refractivity contribution in [3.05, 3.63) is 56.7 Å². The zero-order valence-corrected chi connectivity index (χ0v) is 9.83. The maximum Gasteiger partial charge on any atom is 0.408 e. The first-order valence-corrected chi connectivity index (χ1v) is 5.35. The molecule has 0 fully saturated rings. The molecule has 1 aromatic heterocycles. The Morgan fingerprint density at radius 1 is 1.50 bits per heavy atom. The average Bonchev–Trinajstić information content (AvgIpc) is 2.71. The summed E-state index contributed by atoms with van der Waals surface area (Å²) in [4.78, 5) is 9.96. The van der Waals surface area contributed by atoms with Gasteiger partial charge in [-0.1, -0.05) is 29.8 Å². The molecule has 0 atom stereocenters. The largest absolute Gasteiger partial charge is 0.408 e. The summed E-state index contributed by atoms with van der Waals surface area (Å²) in [5.74, 6) is -0.383. The Bertz CT molecular complexity index is 645. The second-order valence-electron chi connectivity index (χ2n) is 3.52. The highest BCUT2D eigenvalue weighted by atomic mass is 35.5. The number of rotatable bonds is 3. The number of nitrogens with zero attached hydrogens (tertiary/aromatic N) is 4. The summed E-state index contributed by atoms with van der Waals surface area (Å²) in [5.41, 5.74) is 1.24. The smallest absolute Gasteiger partial charge is 0.358 e. The Morgan fingerprint density at radius 3 is 2.83 bits per heavy atom. The lowest BCUT2D eigenvalue weighted by molar-refractivity contribution is -0.389. The number of halogens is 1. The van der Waals surface area contributed by atoms with E-state index in [-0.39, 0.29) is 17.4 Å². The summed E-state index contributed by atoms with van der Waals surface area (Å²) >= 11 is 5.69. The Labute approximate surface area is 107 Å². The molecule has 0 amide bonds. The van der Waals surface area contributed by atoms with Crippen molar-refractivity contribution in [2.75, 3.05) is 0 Å². The monoisotopic (exact) mass is 262 g/mol. The van der Waals surface area contributed by atoms with Crippen molar-refractivity contribution in [3.8, 4) is 6.07 Å². The van der Waals surface area contributed by atoms with Crippen molar-refractivity contribution in [2.24, 2.45) is 0 Å². The number of benzene rings is 1. The van der Waals surface area contributed by atoms with Crippen LogP contribution >= 0.6 is 11.6 Å². The van der Waals surface area contributed by atoms with E-state index in [0.29, 0.717) is 5.56 Å². The zero-order valence-electron chi connectivity index (χ0n) is 9.08. The van der Waals surface area contributed by atoms with Gasteiger partial charge in [-0.2, -0.15) is 9.94 Å². The molecule has 0 aliphatic carbocycles. The molecule has 7 heteroatoms. The van der Waals surface area contributed by atoms with E-state index in [1.807, 2.05) is 0 Å². The number of hydrogen-bond donors (Lipinski definition) is 0. The van der Waals surface area contributed by atoms with Gasteiger partial charge in [0.1, 0.15) is 0 Å². The van der Waals surface area contributed by atoms with Crippen LogP contribution in [0.3, 0.4) is 0 Å². The molecule has 0 bridgehead atoms. The second kappa shape index (κ2) is 4.85. The molecule has 1 aromatic carbocycles. The van der Waals surface area contributed by atoms with Gasteiger partial charge in [0.2, 0.25) is 0 Å². The number of hydrogen-bond acceptors (Lipinski definition) is 4. The Hall–Kier alpha value is -2.39. The van der Waals surface area contributed by atoms with E-state index < -0.39 is 4.92 Å². The predicted molar refractivity (Wildman–Crippen MR) is 64.2 cm³/mol. The molecule has 0 aliphatic heterocycles. The van der Waals surface area contributed by atoms with Crippen LogP contribution in [-0.4, -0.2) is 14.7 Å². The third kappa shape index (κ3) is 2.31. The Kier molecular flexibility index (Phi) is 3.26. The van der Waals surface area contributed by atoms with Crippen molar-refractivity contribution < 1.29 is 4.92 Å². The highest BCUT2D eigenvalue weighted by Gasteiger charge is 2.19. The van der Waals surface area contributed by atoms with Crippen molar-refractivity contribution in [1.82, 2.24) is 9.78 Å². The van der Waals surface area contributed by atoms with Crippen molar-refractivity contribution >= 4 is 17.4 Å². The summed E-state index contributed by atoms with van der Waals surface area (Å²) < 4.78 is 1.34. The summed E-state index contributed by atoms with van der Waals surface area (Å²) in [5, 5.41) is 23.3. The standard InChI is InChI=1S/C11H7ClN4O2/c12-10-7-15(14-11(10)16(17)18)6-9-4-2-1-3-8(9)5-13/h1-4,7H,6H2. The van der Waals surface area contributed by atoms with Crippen LogP contribution in [0, 0.1) is 21.4 Å². The van der Waals surface area contributed by atoms with Gasteiger partial charge in [0.05, 0.1) is 29.5 Å². The highest BCUT2D eigenvalue weighted by molar-refractivity contribution is 6.32. The molecule has 90 valence electrons. The fourth-order valence-corrected chi connectivity index (χ4v) is 1.75. The fourth-order valence-electron chi connectivity index (χ4n) is 1.53. The molecule has 18 heavy (non-hydrogen) atoms. The average molecular weight is 263 g/mol. The minimum atomic E-state index is -0.644. The third-order valence-electron chi connectivity index (χ3n) is 2.34. The van der Waals surface area contributed by atoms with Crippen LogP contribution in [-0.2, 0) is 6.54 Å². The number of nitro groups is 1. The molecule has 0 spiro atoms. The van der Waals surface area contributed by atoms with Gasteiger partial charge in [-0.25, -0.2) is 0 Å². The van der Waals surface area contributed by atoms with Crippen molar-refractivity contribution in [3.63, 3.8) is 0 Å². The molecule has 2 rings (SSSR count). The Balaban J connectivity index is 2.32. The maximum absolute atomic E-state index is 10.6. The van der Waals surface area contributed by atoms with Gasteiger partial charge >= 0.3 is 5.82 Å². The predicted octanol–water partition coefficient (Wildman–Crippen LogP) is 2.36. The summed E-state index contributed by atoms with van der Waals surface area (Å²) in [7, 11) is 0. The van der Waals surface area contributed by atoms with Crippen LogP contribution in [0.15, 0.2) is 30.5 Å². The summed E-state index contributed by atoms with van der Waals surface area (Å²) in [6.07, 6.45) is 1.37. The van der Waals surface area contributed by atoms with Crippen LogP contribution in [0.4, 0.5) is 5.82 Å². The van der Waals surface area contributed by atoms with E-state index in [9.17, 15) is 10.1 Å². The first kappa shape index (κ1) is 12.1. The highest BCUT2D eigenvalue weighted by Crippen LogP contribution is 2.22. The number of nitriles is 1. The zero-order chi connectivity index (χ0) is 13.1. The van der Waals surface area contributed by atoms with Crippen LogP contribution in [0.25, 0.3) is 0 Å². The van der Waals surface area contributed by atoms with Crippen LogP contribution < -0.4 is 0 Å². The van der Waals surface area contributed by atoms with E-state index in [4.69, 9.17) is 16.9 Å². The quantitative estimate of drug-likeness (QED) is 0.628. The van der Waals surface area contributed by atoms with E-state index in [1.54, 1.807) is 24.3 Å². The molecule has 0 saturated heterocycles. The lowest BCUT2D eigenvalue weighted by Gasteiger charge is -2.00. The van der Waals surface area contributed by atoms with Crippen LogP contribution in [0.1, 0.15) is 11.1 Å². The first-order chi connectivity index (χ1) is 8.61. The minimum absolute atomic E-state index is 0.0190. The van der Waals surface area contributed by atoms with Gasteiger partial charge in [0.25, 0.3) is 0 Å². The summed E-state index contributed by atoms with van der Waals surface area (Å²) in [6, 6.07) is 9.03. The van der Waals surface area contributed by atoms with Crippen LogP contribution in [0.2, 0.25) is 5.02 Å². The second-order valence-corrected chi connectivity index (χ2v) is 3.93. The lowest BCUT2D eigenvalue weighted by Crippen LogP contribution is -2.03. The molecular formula is C11H7ClN4O2. The summed E-state index contributed by atoms with van der Waals surface area (Å²) in [6.45, 7) is 0.261. The fraction of sp³-hybridized carbons (Fsp3) is 0.0909. The molecule has 0 aliphatic rings. The van der Waals surface area contributed by atoms with E-state index in [2.05, 4.69) is 11.2 Å². The normalized spacial score (nSPS) is 10.0. The Morgan fingerprint density at radius 2 is 2.22 bits per heavy atom. The van der Waals surface area contributed by atoms with Gasteiger partial charge in [0, 0.05) is 0 Å². The van der Waals surface area contributed by atoms with E-state index in [0.717, 1.165) is 5.56 Å². The minimum Gasteiger partial charge on any atom is -0.358 e. The van der Waals surface area contributed by atoms with Gasteiger partial charge < -0.3 is 10.1 Å². The first-order valence-electron chi connectivity index (χ1n) is 4.97. The van der Waals surface area contributed by atoms with E-state index in [1.165, 1.54) is 10.9 Å². The molecule has 0 saturated carbocycles. The van der Waals surface area contributed by atoms with Crippen molar-refractivity contribution in [2.45, 2.75) is 6.54 Å². The van der Waals surface area contributed by atoms with Crippen LogP contribution in [0.5, 0.6) is 0 Å². The molecule has 0 radical (unpaired) electrons. The maximum atomic E-state index is 10.6. The molecular weight excluding hydrogens is 256 g/mol. The SMILES string of the molecule is N#Cc1ccccc1Cn1cc(Cl)c([N+](=O)[O-])n1. The van der Waals surface area contributed by atoms with Gasteiger partial charge in [-0.15, -0.1) is 0 Å². The molecule has 6 nitrogen and oxygen atoms in total.